The molecule has 0 bridgehead atoms. The number of aromatic nitrogens is 4. The summed E-state index contributed by atoms with van der Waals surface area (Å²) in [6.07, 6.45) is 0. The number of carbonyl (C=O) groups excluding carboxylic acids is 2. The van der Waals surface area contributed by atoms with Crippen molar-refractivity contribution in [1.82, 2.24) is 30.2 Å². The number of hydrogen-bond donors (Lipinski definition) is 2. The molecule has 33 heavy (non-hydrogen) atoms. The van der Waals surface area contributed by atoms with Crippen molar-refractivity contribution in [2.75, 3.05) is 11.5 Å². The third-order valence-electron chi connectivity index (χ3n) is 5.11. The third kappa shape index (κ3) is 4.08. The van der Waals surface area contributed by atoms with Crippen molar-refractivity contribution in [3.05, 3.63) is 37.8 Å². The standard InChI is InChI=1S/C17H17N7O6S3/c1-6-11(24(29)30)9(21-22(6)3)13(25)18-10-14(26)23-12(16(27)28)8(4-31-15(10)23)5-32-17-20-19-7(2)33-17/h10,15H,4-5H2,1-3H3,(H,18,25)(H,27,28)/t10-,15+/m1/s1. The van der Waals surface area contributed by atoms with Crippen molar-refractivity contribution in [2.45, 2.75) is 29.6 Å². The lowest BCUT2D eigenvalue weighted by molar-refractivity contribution is -0.385. The molecule has 4 heterocycles. The number of β-lactam (4-membered cyclic amide) rings is 1. The molecule has 2 aromatic heterocycles. The van der Waals surface area contributed by atoms with Crippen LogP contribution in [0.2, 0.25) is 0 Å². The van der Waals surface area contributed by atoms with E-state index in [2.05, 4.69) is 20.6 Å². The van der Waals surface area contributed by atoms with Gasteiger partial charge in [-0.3, -0.25) is 29.3 Å². The van der Waals surface area contributed by atoms with Crippen LogP contribution in [-0.4, -0.2) is 75.6 Å². The first-order valence-electron chi connectivity index (χ1n) is 9.42. The molecule has 2 aliphatic heterocycles. The molecule has 0 saturated carbocycles. The fourth-order valence-corrected chi connectivity index (χ4v) is 6.76. The molecule has 2 N–H and O–H groups in total. The Morgan fingerprint density at radius 3 is 2.70 bits per heavy atom. The summed E-state index contributed by atoms with van der Waals surface area (Å²) in [5.41, 5.74) is -0.182. The van der Waals surface area contributed by atoms with Gasteiger partial charge in [-0.2, -0.15) is 5.10 Å². The molecule has 0 spiro atoms. The first kappa shape index (κ1) is 23.2. The predicted molar refractivity (Wildman–Crippen MR) is 119 cm³/mol. The molecule has 1 saturated heterocycles. The van der Waals surface area contributed by atoms with E-state index >= 15 is 0 Å². The van der Waals surface area contributed by atoms with E-state index in [-0.39, 0.29) is 11.4 Å². The maximum absolute atomic E-state index is 12.8. The second-order valence-corrected chi connectivity index (χ2v) is 10.7. The second-order valence-electron chi connectivity index (χ2n) is 7.16. The minimum absolute atomic E-state index is 0.109. The fraction of sp³-hybridized carbons (Fsp3) is 0.412. The van der Waals surface area contributed by atoms with Gasteiger partial charge in [0.2, 0.25) is 5.69 Å². The predicted octanol–water partition coefficient (Wildman–Crippen LogP) is 0.941. The zero-order chi connectivity index (χ0) is 24.0. The van der Waals surface area contributed by atoms with Crippen LogP contribution in [0.1, 0.15) is 21.2 Å². The molecule has 0 aromatic carbocycles. The van der Waals surface area contributed by atoms with Crippen LogP contribution >= 0.6 is 34.9 Å². The highest BCUT2D eigenvalue weighted by Gasteiger charge is 2.54. The van der Waals surface area contributed by atoms with Gasteiger partial charge in [0.25, 0.3) is 11.8 Å². The first-order valence-corrected chi connectivity index (χ1v) is 12.3. The van der Waals surface area contributed by atoms with E-state index in [1.165, 1.54) is 53.5 Å². The molecule has 16 heteroatoms. The molecule has 4 rings (SSSR count). The van der Waals surface area contributed by atoms with Crippen molar-refractivity contribution in [3.8, 4) is 0 Å². The number of hydrogen-bond acceptors (Lipinski definition) is 11. The molecular formula is C17H17N7O6S3. The smallest absolute Gasteiger partial charge is 0.352 e. The Kier molecular flexibility index (Phi) is 6.15. The SMILES string of the molecule is Cc1nnc(SCC2=C(C(=O)O)N3C(=O)[C@@H](NC(=O)c4nn(C)c(C)c4[N+](=O)[O-])[C@@H]3SC2)s1. The fourth-order valence-electron chi connectivity index (χ4n) is 3.46. The summed E-state index contributed by atoms with van der Waals surface area (Å²) in [6.45, 7) is 3.28. The van der Waals surface area contributed by atoms with Gasteiger partial charge >= 0.3 is 11.7 Å². The molecule has 0 unspecified atom stereocenters. The number of carbonyl (C=O) groups is 3. The number of amides is 2. The minimum Gasteiger partial charge on any atom is -0.477 e. The zero-order valence-electron chi connectivity index (χ0n) is 17.5. The van der Waals surface area contributed by atoms with E-state index in [9.17, 15) is 29.6 Å². The van der Waals surface area contributed by atoms with Crippen LogP contribution in [-0.2, 0) is 16.6 Å². The number of fused-ring (bicyclic) bond motifs is 1. The number of nitrogens with zero attached hydrogens (tertiary/aromatic N) is 6. The summed E-state index contributed by atoms with van der Waals surface area (Å²) >= 11 is 4.05. The number of aryl methyl sites for hydroxylation is 2. The van der Waals surface area contributed by atoms with Gasteiger partial charge in [0, 0.05) is 18.6 Å². The third-order valence-corrected chi connectivity index (χ3v) is 8.51. The molecule has 2 aromatic rings. The molecule has 174 valence electrons. The molecule has 1 fully saturated rings. The number of rotatable bonds is 7. The Balaban J connectivity index is 1.51. The largest absolute Gasteiger partial charge is 0.477 e. The molecule has 0 radical (unpaired) electrons. The summed E-state index contributed by atoms with van der Waals surface area (Å²) < 4.78 is 1.91. The Labute approximate surface area is 198 Å². The number of carboxylic acids is 1. The van der Waals surface area contributed by atoms with Crippen LogP contribution in [0.25, 0.3) is 0 Å². The number of thioether (sulfide) groups is 2. The van der Waals surface area contributed by atoms with Crippen molar-refractivity contribution in [3.63, 3.8) is 0 Å². The van der Waals surface area contributed by atoms with Gasteiger partial charge in [0.1, 0.15) is 27.8 Å². The average molecular weight is 512 g/mol. The van der Waals surface area contributed by atoms with Crippen molar-refractivity contribution < 1.29 is 24.4 Å². The summed E-state index contributed by atoms with van der Waals surface area (Å²) in [5, 5.41) is 35.6. The Bertz CT molecular complexity index is 1220. The van der Waals surface area contributed by atoms with Crippen LogP contribution in [0.4, 0.5) is 5.69 Å². The van der Waals surface area contributed by atoms with Crippen LogP contribution in [0.5, 0.6) is 0 Å². The normalized spacial score (nSPS) is 19.8. The van der Waals surface area contributed by atoms with E-state index < -0.39 is 45.5 Å². The molecular weight excluding hydrogens is 494 g/mol. The summed E-state index contributed by atoms with van der Waals surface area (Å²) in [4.78, 5) is 49.3. The zero-order valence-corrected chi connectivity index (χ0v) is 19.9. The lowest BCUT2D eigenvalue weighted by atomic mass is 10.0. The van der Waals surface area contributed by atoms with Crippen molar-refractivity contribution in [1.29, 1.82) is 0 Å². The maximum Gasteiger partial charge on any atom is 0.352 e. The summed E-state index contributed by atoms with van der Waals surface area (Å²) in [7, 11) is 1.47. The Hall–Kier alpha value is -2.98. The van der Waals surface area contributed by atoms with E-state index in [1.807, 2.05) is 6.92 Å². The summed E-state index contributed by atoms with van der Waals surface area (Å²) in [6, 6.07) is -1.02. The lowest BCUT2D eigenvalue weighted by Gasteiger charge is -2.49. The van der Waals surface area contributed by atoms with Crippen molar-refractivity contribution in [2.24, 2.45) is 7.05 Å². The number of carboxylic acid groups (broad SMARTS) is 1. The lowest BCUT2D eigenvalue weighted by Crippen LogP contribution is -2.70. The van der Waals surface area contributed by atoms with Crippen LogP contribution in [0.3, 0.4) is 0 Å². The quantitative estimate of drug-likeness (QED) is 0.234. The maximum atomic E-state index is 12.8. The monoisotopic (exact) mass is 511 g/mol. The molecule has 2 atom stereocenters. The van der Waals surface area contributed by atoms with Gasteiger partial charge in [0.15, 0.2) is 4.34 Å². The van der Waals surface area contributed by atoms with Crippen LogP contribution < -0.4 is 5.32 Å². The van der Waals surface area contributed by atoms with Gasteiger partial charge in [-0.1, -0.05) is 23.1 Å². The number of nitro groups is 1. The Morgan fingerprint density at radius 1 is 1.36 bits per heavy atom. The first-order chi connectivity index (χ1) is 15.6. The molecule has 13 nitrogen and oxygen atoms in total. The van der Waals surface area contributed by atoms with E-state index in [0.717, 1.165) is 9.91 Å². The average Bonchev–Trinajstić information content (AvgIpc) is 3.31. The molecule has 2 aliphatic rings. The highest BCUT2D eigenvalue weighted by molar-refractivity contribution is 8.01. The highest BCUT2D eigenvalue weighted by Crippen LogP contribution is 2.42. The Morgan fingerprint density at radius 2 is 2.09 bits per heavy atom. The molecule has 2 amide bonds. The van der Waals surface area contributed by atoms with Gasteiger partial charge in [-0.15, -0.1) is 22.0 Å². The van der Waals surface area contributed by atoms with E-state index in [0.29, 0.717) is 21.4 Å². The number of nitrogens with one attached hydrogen (secondary N) is 1. The number of aliphatic carboxylic acids is 1. The minimum atomic E-state index is -1.24. The topological polar surface area (TPSA) is 173 Å². The van der Waals surface area contributed by atoms with Crippen LogP contribution in [0, 0.1) is 24.0 Å². The van der Waals surface area contributed by atoms with Gasteiger partial charge in [-0.05, 0) is 19.4 Å². The van der Waals surface area contributed by atoms with Crippen molar-refractivity contribution >= 4 is 58.3 Å². The van der Waals surface area contributed by atoms with Gasteiger partial charge < -0.3 is 10.4 Å². The van der Waals surface area contributed by atoms with E-state index in [1.54, 1.807) is 0 Å². The molecule has 0 aliphatic carbocycles. The van der Waals surface area contributed by atoms with Gasteiger partial charge in [-0.25, -0.2) is 4.79 Å². The summed E-state index contributed by atoms with van der Waals surface area (Å²) in [5.74, 6) is -2.02. The van der Waals surface area contributed by atoms with Crippen LogP contribution in [0.15, 0.2) is 15.6 Å². The van der Waals surface area contributed by atoms with E-state index in [4.69, 9.17) is 0 Å². The van der Waals surface area contributed by atoms with Gasteiger partial charge in [0.05, 0.1) is 4.92 Å². The highest BCUT2D eigenvalue weighted by atomic mass is 32.2. The second kappa shape index (κ2) is 8.75.